The third-order valence-corrected chi connectivity index (χ3v) is 6.02. The number of rotatable bonds is 4. The highest BCUT2D eigenvalue weighted by Crippen LogP contribution is 2.34. The normalized spacial score (nSPS) is 11.7. The lowest BCUT2D eigenvalue weighted by molar-refractivity contribution is -0.137. The van der Waals surface area contributed by atoms with Crippen molar-refractivity contribution in [3.05, 3.63) is 88.6 Å². The number of para-hydroxylation sites is 1. The summed E-state index contributed by atoms with van der Waals surface area (Å²) in [6.45, 7) is 0. The van der Waals surface area contributed by atoms with Crippen LogP contribution < -0.4 is 10.2 Å². The predicted octanol–water partition coefficient (Wildman–Crippen LogP) is 5.62. The number of hydrogen-bond donors (Lipinski definition) is 2. The summed E-state index contributed by atoms with van der Waals surface area (Å²) in [7, 11) is -4.29. The third kappa shape index (κ3) is 4.85. The fourth-order valence-electron chi connectivity index (χ4n) is 3.09. The number of nitrogens with one attached hydrogen (secondary N) is 1. The molecule has 0 saturated carbocycles. The number of halogens is 3. The second-order valence-corrected chi connectivity index (χ2v) is 8.51. The second-order valence-electron chi connectivity index (χ2n) is 6.83. The first kappa shape index (κ1) is 23.9. The lowest BCUT2D eigenvalue weighted by Gasteiger charge is -2.14. The number of phenolic OH excluding ortho intramolecular Hbond substituents is 1. The summed E-state index contributed by atoms with van der Waals surface area (Å²) in [6, 6.07) is 14.3. The molecule has 0 saturated heterocycles. The van der Waals surface area contributed by atoms with Crippen molar-refractivity contribution in [2.75, 3.05) is 4.72 Å². The van der Waals surface area contributed by atoms with E-state index >= 15 is 0 Å². The average Bonchev–Trinajstić information content (AvgIpc) is 2.74. The van der Waals surface area contributed by atoms with Crippen LogP contribution >= 0.6 is 0 Å². The molecular formula is C23H18F3NO5S. The van der Waals surface area contributed by atoms with Gasteiger partial charge in [0, 0.05) is 11.6 Å². The minimum absolute atomic E-state index is 0. The molecule has 0 radical (unpaired) electrons. The maximum atomic E-state index is 12.8. The van der Waals surface area contributed by atoms with Crippen LogP contribution in [-0.2, 0) is 16.2 Å². The zero-order valence-electron chi connectivity index (χ0n) is 16.1. The summed E-state index contributed by atoms with van der Waals surface area (Å²) < 4.78 is 71.8. The van der Waals surface area contributed by atoms with Gasteiger partial charge in [0.1, 0.15) is 17.1 Å². The molecule has 4 rings (SSSR count). The molecule has 0 bridgehead atoms. The Bertz CT molecular complexity index is 1480. The molecule has 10 heteroatoms. The van der Waals surface area contributed by atoms with Crippen LogP contribution in [0.1, 0.15) is 13.0 Å². The molecule has 6 nitrogen and oxygen atoms in total. The van der Waals surface area contributed by atoms with Crippen LogP contribution in [0.15, 0.2) is 86.9 Å². The monoisotopic (exact) mass is 477 g/mol. The molecule has 0 amide bonds. The van der Waals surface area contributed by atoms with E-state index in [0.29, 0.717) is 17.5 Å². The van der Waals surface area contributed by atoms with Gasteiger partial charge in [0.25, 0.3) is 10.0 Å². The van der Waals surface area contributed by atoms with E-state index in [2.05, 4.69) is 4.72 Å². The fourth-order valence-corrected chi connectivity index (χ4v) is 4.17. The highest BCUT2D eigenvalue weighted by molar-refractivity contribution is 7.92. The zero-order chi connectivity index (χ0) is 23.1. The molecule has 0 fully saturated rings. The SMILES string of the molecule is C.O=c1cc(-c2cc(O)ccc2NS(=O)(=O)c2ccc(C(F)(F)F)cc2)oc2ccccc12. The standard InChI is InChI=1S/C22H14F3NO5S.CH4/c23-22(24,25)13-5-8-15(9-6-13)32(29,30)26-18-10-7-14(27)11-17(18)21-12-19(28)16-3-1-2-4-20(16)31-21;/h1-12,26-27H;1H4. The van der Waals surface area contributed by atoms with Crippen molar-refractivity contribution in [3.8, 4) is 17.1 Å². The van der Waals surface area contributed by atoms with Crippen LogP contribution in [-0.4, -0.2) is 13.5 Å². The highest BCUT2D eigenvalue weighted by atomic mass is 32.2. The Hall–Kier alpha value is -3.79. The molecule has 0 atom stereocenters. The molecule has 3 aromatic carbocycles. The number of aromatic hydroxyl groups is 1. The molecular weight excluding hydrogens is 459 g/mol. The van der Waals surface area contributed by atoms with Crippen molar-refractivity contribution in [1.29, 1.82) is 0 Å². The van der Waals surface area contributed by atoms with E-state index in [1.165, 1.54) is 18.2 Å². The largest absolute Gasteiger partial charge is 0.508 e. The van der Waals surface area contributed by atoms with Gasteiger partial charge in [0.05, 0.1) is 21.5 Å². The minimum atomic E-state index is -4.60. The minimum Gasteiger partial charge on any atom is -0.508 e. The Kier molecular flexibility index (Phi) is 6.24. The molecule has 0 aliphatic rings. The molecule has 4 aromatic rings. The quantitative estimate of drug-likeness (QED) is 0.372. The Morgan fingerprint density at radius 1 is 0.909 bits per heavy atom. The molecule has 0 unspecified atom stereocenters. The highest BCUT2D eigenvalue weighted by Gasteiger charge is 2.30. The summed E-state index contributed by atoms with van der Waals surface area (Å²) in [5.41, 5.74) is -1.07. The smallest absolute Gasteiger partial charge is 0.416 e. The summed E-state index contributed by atoms with van der Waals surface area (Å²) in [6.07, 6.45) is -4.60. The summed E-state index contributed by atoms with van der Waals surface area (Å²) in [4.78, 5) is 12.0. The second kappa shape index (κ2) is 8.62. The molecule has 0 spiro atoms. The molecule has 0 aliphatic heterocycles. The third-order valence-electron chi connectivity index (χ3n) is 4.64. The van der Waals surface area contributed by atoms with Crippen LogP contribution in [0.2, 0.25) is 0 Å². The van der Waals surface area contributed by atoms with Crippen molar-refractivity contribution in [1.82, 2.24) is 0 Å². The number of alkyl halides is 3. The number of fused-ring (bicyclic) bond motifs is 1. The van der Waals surface area contributed by atoms with E-state index in [9.17, 15) is 31.5 Å². The maximum absolute atomic E-state index is 12.8. The van der Waals surface area contributed by atoms with E-state index in [1.54, 1.807) is 24.3 Å². The summed E-state index contributed by atoms with van der Waals surface area (Å²) in [5.74, 6) is -0.219. The van der Waals surface area contributed by atoms with Gasteiger partial charge in [-0.05, 0) is 54.6 Å². The van der Waals surface area contributed by atoms with E-state index in [-0.39, 0.29) is 41.2 Å². The van der Waals surface area contributed by atoms with Crippen LogP contribution in [0.4, 0.5) is 18.9 Å². The van der Waals surface area contributed by atoms with Gasteiger partial charge < -0.3 is 9.52 Å². The van der Waals surface area contributed by atoms with Crippen molar-refractivity contribution in [3.63, 3.8) is 0 Å². The van der Waals surface area contributed by atoms with Gasteiger partial charge in [0.2, 0.25) is 0 Å². The zero-order valence-corrected chi connectivity index (χ0v) is 16.9. The van der Waals surface area contributed by atoms with Crippen molar-refractivity contribution in [2.24, 2.45) is 0 Å². The average molecular weight is 477 g/mol. The number of benzene rings is 3. The molecule has 172 valence electrons. The van der Waals surface area contributed by atoms with E-state index < -0.39 is 26.7 Å². The van der Waals surface area contributed by atoms with Gasteiger partial charge in [-0.2, -0.15) is 13.2 Å². The molecule has 1 heterocycles. The molecule has 1 aromatic heterocycles. The predicted molar refractivity (Wildman–Crippen MR) is 119 cm³/mol. The van der Waals surface area contributed by atoms with Crippen LogP contribution in [0.25, 0.3) is 22.3 Å². The first-order valence-corrected chi connectivity index (χ1v) is 10.6. The Balaban J connectivity index is 0.00000306. The van der Waals surface area contributed by atoms with E-state index in [1.807, 2.05) is 0 Å². The first-order chi connectivity index (χ1) is 15.0. The number of sulfonamides is 1. The lowest BCUT2D eigenvalue weighted by atomic mass is 10.1. The topological polar surface area (TPSA) is 96.6 Å². The molecule has 33 heavy (non-hydrogen) atoms. The summed E-state index contributed by atoms with van der Waals surface area (Å²) >= 11 is 0. The first-order valence-electron chi connectivity index (χ1n) is 9.11. The van der Waals surface area contributed by atoms with Crippen LogP contribution in [0, 0.1) is 0 Å². The van der Waals surface area contributed by atoms with Crippen molar-refractivity contribution < 1.29 is 31.1 Å². The number of phenols is 1. The Labute approximate surface area is 187 Å². The van der Waals surface area contributed by atoms with Gasteiger partial charge in [-0.15, -0.1) is 0 Å². The van der Waals surface area contributed by atoms with Crippen molar-refractivity contribution in [2.45, 2.75) is 18.5 Å². The maximum Gasteiger partial charge on any atom is 0.416 e. The van der Waals surface area contributed by atoms with Gasteiger partial charge in [-0.3, -0.25) is 9.52 Å². The number of anilines is 1. The Morgan fingerprint density at radius 3 is 2.24 bits per heavy atom. The number of hydrogen-bond acceptors (Lipinski definition) is 5. The van der Waals surface area contributed by atoms with Crippen molar-refractivity contribution >= 4 is 26.7 Å². The van der Waals surface area contributed by atoms with E-state index in [4.69, 9.17) is 4.42 Å². The summed E-state index contributed by atoms with van der Waals surface area (Å²) in [5, 5.41) is 10.2. The van der Waals surface area contributed by atoms with Gasteiger partial charge >= 0.3 is 6.18 Å². The van der Waals surface area contributed by atoms with Gasteiger partial charge in [0.15, 0.2) is 5.43 Å². The van der Waals surface area contributed by atoms with Crippen LogP contribution in [0.3, 0.4) is 0 Å². The molecule has 0 aliphatic carbocycles. The fraction of sp³-hybridized carbons (Fsp3) is 0.0870. The van der Waals surface area contributed by atoms with Gasteiger partial charge in [-0.1, -0.05) is 19.6 Å². The van der Waals surface area contributed by atoms with Gasteiger partial charge in [-0.25, -0.2) is 8.42 Å². The lowest BCUT2D eigenvalue weighted by Crippen LogP contribution is -2.14. The Morgan fingerprint density at radius 2 is 1.58 bits per heavy atom. The van der Waals surface area contributed by atoms with E-state index in [0.717, 1.165) is 18.2 Å². The molecule has 2 N–H and O–H groups in total. The van der Waals surface area contributed by atoms with Crippen LogP contribution in [0.5, 0.6) is 5.75 Å².